The summed E-state index contributed by atoms with van der Waals surface area (Å²) in [4.78, 5) is 31.0. The highest BCUT2D eigenvalue weighted by Gasteiger charge is 2.28. The van der Waals surface area contributed by atoms with E-state index in [9.17, 15) is 9.18 Å². The van der Waals surface area contributed by atoms with Crippen LogP contribution in [-0.4, -0.2) is 84.0 Å². The Hall–Kier alpha value is -3.45. The molecular formula is C28H36FN9OS. The number of anilines is 2. The van der Waals surface area contributed by atoms with Crippen molar-refractivity contribution in [1.82, 2.24) is 29.8 Å². The monoisotopic (exact) mass is 565 g/mol. The van der Waals surface area contributed by atoms with Crippen LogP contribution in [0.2, 0.25) is 0 Å². The predicted octanol–water partition coefficient (Wildman–Crippen LogP) is 3.58. The molecule has 0 bridgehead atoms. The van der Waals surface area contributed by atoms with Gasteiger partial charge in [-0.25, -0.2) is 14.4 Å². The van der Waals surface area contributed by atoms with E-state index in [2.05, 4.69) is 47.5 Å². The number of benzene rings is 1. The highest BCUT2D eigenvalue weighted by atomic mass is 32.2. The number of aliphatic imine (C=N–C) groups is 1. The molecule has 2 aromatic heterocycles. The summed E-state index contributed by atoms with van der Waals surface area (Å²) in [5, 5.41) is 10.3. The fraction of sp³-hybridized carbons (Fsp3) is 0.393. The van der Waals surface area contributed by atoms with Crippen LogP contribution in [0.25, 0.3) is 10.9 Å². The molecule has 1 amide bonds. The van der Waals surface area contributed by atoms with Gasteiger partial charge in [0.25, 0.3) is 0 Å². The maximum Gasteiger partial charge on any atom is 0.242 e. The molecule has 2 atom stereocenters. The number of H-pyrrole nitrogens is 1. The molecule has 212 valence electrons. The molecule has 3 aromatic rings. The summed E-state index contributed by atoms with van der Waals surface area (Å²) in [5.41, 5.74) is 3.66. The van der Waals surface area contributed by atoms with Gasteiger partial charge in [-0.15, -0.1) is 0 Å². The van der Waals surface area contributed by atoms with Gasteiger partial charge in [-0.1, -0.05) is 13.0 Å². The number of likely N-dealkylation sites (N-methyl/N-ethyl adjacent to an activating group) is 1. The second-order valence-corrected chi connectivity index (χ2v) is 11.0. The Kier molecular flexibility index (Phi) is 8.69. The van der Waals surface area contributed by atoms with Crippen molar-refractivity contribution in [2.24, 2.45) is 4.99 Å². The Balaban J connectivity index is 1.38. The van der Waals surface area contributed by atoms with Crippen LogP contribution in [0.3, 0.4) is 0 Å². The number of hydrogen-bond donors (Lipinski definition) is 5. The summed E-state index contributed by atoms with van der Waals surface area (Å²) >= 11 is 1.22. The molecule has 2 aliphatic rings. The Bertz CT molecular complexity index is 1430. The lowest BCUT2D eigenvalue weighted by Gasteiger charge is -2.36. The predicted molar refractivity (Wildman–Crippen MR) is 160 cm³/mol. The number of nitrogens with one attached hydrogen (secondary N) is 5. The second kappa shape index (κ2) is 12.4. The van der Waals surface area contributed by atoms with Gasteiger partial charge in [-0.3, -0.25) is 14.4 Å². The van der Waals surface area contributed by atoms with Gasteiger partial charge in [0.2, 0.25) is 5.91 Å². The number of carbonyl (C=O) groups is 1. The van der Waals surface area contributed by atoms with E-state index in [4.69, 9.17) is 4.99 Å². The zero-order chi connectivity index (χ0) is 28.2. The molecule has 0 radical (unpaired) electrons. The molecule has 0 saturated carbocycles. The van der Waals surface area contributed by atoms with E-state index in [1.54, 1.807) is 31.4 Å². The van der Waals surface area contributed by atoms with Crippen molar-refractivity contribution < 1.29 is 9.18 Å². The van der Waals surface area contributed by atoms with Crippen LogP contribution in [0.1, 0.15) is 25.8 Å². The van der Waals surface area contributed by atoms with Crippen molar-refractivity contribution in [3.8, 4) is 0 Å². The molecule has 1 fully saturated rings. The number of aromatic amines is 1. The molecule has 2 aliphatic heterocycles. The number of hydrogen-bond acceptors (Lipinski definition) is 9. The summed E-state index contributed by atoms with van der Waals surface area (Å²) in [7, 11) is 3.86. The summed E-state index contributed by atoms with van der Waals surface area (Å²) in [5.74, 6) is 0.101. The van der Waals surface area contributed by atoms with Gasteiger partial charge in [0.05, 0.1) is 27.9 Å². The first-order chi connectivity index (χ1) is 19.4. The van der Waals surface area contributed by atoms with Crippen LogP contribution >= 0.6 is 11.9 Å². The van der Waals surface area contributed by atoms with E-state index in [1.807, 2.05) is 32.3 Å². The van der Waals surface area contributed by atoms with Gasteiger partial charge in [0.15, 0.2) is 17.9 Å². The molecule has 1 saturated heterocycles. The SMILES string of the molecule is CCC(C(=O)Nc1nccc2c(C3=NC(Nc4cccc(SNC)c4F)NC=C3C)c[nH]c12)N1CCN(C)CC1. The first-order valence-corrected chi connectivity index (χ1v) is 14.3. The van der Waals surface area contributed by atoms with Crippen LogP contribution in [0.15, 0.2) is 58.3 Å². The number of pyridine rings is 1. The number of carbonyl (C=O) groups excluding carboxylic acids is 1. The lowest BCUT2D eigenvalue weighted by atomic mass is 10.0. The lowest BCUT2D eigenvalue weighted by Crippen LogP contribution is -2.52. The summed E-state index contributed by atoms with van der Waals surface area (Å²) < 4.78 is 17.9. The van der Waals surface area contributed by atoms with Crippen molar-refractivity contribution in [3.05, 3.63) is 59.8 Å². The van der Waals surface area contributed by atoms with E-state index in [1.165, 1.54) is 11.9 Å². The largest absolute Gasteiger partial charge is 0.357 e. The third kappa shape index (κ3) is 5.85. The molecule has 1 aromatic carbocycles. The van der Waals surface area contributed by atoms with Gasteiger partial charge >= 0.3 is 0 Å². The maximum absolute atomic E-state index is 15.0. The number of fused-ring (bicyclic) bond motifs is 1. The zero-order valence-corrected chi connectivity index (χ0v) is 24.0. The normalized spacial score (nSPS) is 19.1. The molecule has 12 heteroatoms. The van der Waals surface area contributed by atoms with Gasteiger partial charge in [-0.2, -0.15) is 0 Å². The Labute approximate surface area is 238 Å². The smallest absolute Gasteiger partial charge is 0.242 e. The third-order valence-electron chi connectivity index (χ3n) is 7.32. The van der Waals surface area contributed by atoms with Crippen molar-refractivity contribution in [1.29, 1.82) is 0 Å². The fourth-order valence-corrected chi connectivity index (χ4v) is 5.71. The first kappa shape index (κ1) is 28.1. The number of halogens is 1. The molecule has 5 rings (SSSR count). The molecule has 5 N–H and O–H groups in total. The van der Waals surface area contributed by atoms with Crippen LogP contribution in [0.5, 0.6) is 0 Å². The average Bonchev–Trinajstić information content (AvgIpc) is 3.38. The van der Waals surface area contributed by atoms with Crippen LogP contribution < -0.4 is 20.7 Å². The van der Waals surface area contributed by atoms with Crippen LogP contribution in [0, 0.1) is 5.82 Å². The Morgan fingerprint density at radius 3 is 2.80 bits per heavy atom. The molecule has 40 heavy (non-hydrogen) atoms. The standard InChI is InChI=1S/C28H36FN9OS/c1-5-21(38-13-11-37(4)12-14-38)27(39)36-26-25-18(9-10-31-26)19(16-32-25)24-17(2)15-33-28(35-24)34-20-7-6-8-22(23(20)29)40-30-3/h6-10,15-16,21,28,30,32-34H,5,11-14H2,1-4H3,(H,31,36,39). The van der Waals surface area contributed by atoms with Crippen molar-refractivity contribution in [2.45, 2.75) is 37.5 Å². The van der Waals surface area contributed by atoms with E-state index in [-0.39, 0.29) is 17.8 Å². The van der Waals surface area contributed by atoms with Crippen LogP contribution in [0.4, 0.5) is 15.9 Å². The lowest BCUT2D eigenvalue weighted by molar-refractivity contribution is -0.122. The van der Waals surface area contributed by atoms with Crippen LogP contribution in [-0.2, 0) is 4.79 Å². The van der Waals surface area contributed by atoms with E-state index < -0.39 is 6.29 Å². The van der Waals surface area contributed by atoms with Gasteiger partial charge in [0, 0.05) is 55.7 Å². The van der Waals surface area contributed by atoms with Gasteiger partial charge in [-0.05, 0) is 63.2 Å². The maximum atomic E-state index is 15.0. The minimum atomic E-state index is -0.567. The Morgan fingerprint density at radius 1 is 1.25 bits per heavy atom. The van der Waals surface area contributed by atoms with E-state index in [0.717, 1.165) is 60.4 Å². The highest BCUT2D eigenvalue weighted by molar-refractivity contribution is 7.97. The molecule has 0 spiro atoms. The highest BCUT2D eigenvalue weighted by Crippen LogP contribution is 2.29. The molecule has 2 unspecified atom stereocenters. The first-order valence-electron chi connectivity index (χ1n) is 13.5. The number of rotatable bonds is 9. The number of allylic oxidation sites excluding steroid dienone is 1. The van der Waals surface area contributed by atoms with Gasteiger partial charge < -0.3 is 25.8 Å². The zero-order valence-electron chi connectivity index (χ0n) is 23.2. The number of piperazine rings is 1. The van der Waals surface area contributed by atoms with E-state index >= 15 is 0 Å². The summed E-state index contributed by atoms with van der Waals surface area (Å²) in [6.45, 7) is 7.64. The molecule has 0 aliphatic carbocycles. The number of aromatic nitrogens is 2. The Morgan fingerprint density at radius 2 is 2.05 bits per heavy atom. The fourth-order valence-electron chi connectivity index (χ4n) is 5.14. The molecule has 4 heterocycles. The summed E-state index contributed by atoms with van der Waals surface area (Å²) in [6.07, 6.45) is 5.60. The van der Waals surface area contributed by atoms with E-state index in [0.29, 0.717) is 16.4 Å². The van der Waals surface area contributed by atoms with Crippen molar-refractivity contribution in [3.63, 3.8) is 0 Å². The number of nitrogens with zero attached hydrogens (tertiary/aromatic N) is 4. The average molecular weight is 566 g/mol. The van der Waals surface area contributed by atoms with Gasteiger partial charge in [0.1, 0.15) is 0 Å². The number of amides is 1. The molecular weight excluding hydrogens is 529 g/mol. The molecule has 10 nitrogen and oxygen atoms in total. The topological polar surface area (TPSA) is 113 Å². The van der Waals surface area contributed by atoms with Crippen molar-refractivity contribution in [2.75, 3.05) is 50.9 Å². The quantitative estimate of drug-likeness (QED) is 0.250. The van der Waals surface area contributed by atoms with Crippen molar-refractivity contribution >= 4 is 46.0 Å². The second-order valence-electron chi connectivity index (χ2n) is 9.98. The minimum absolute atomic E-state index is 0.0524. The summed E-state index contributed by atoms with van der Waals surface area (Å²) in [6, 6.07) is 6.91. The minimum Gasteiger partial charge on any atom is -0.357 e. The third-order valence-corrected chi connectivity index (χ3v) is 8.06.